The van der Waals surface area contributed by atoms with Crippen LogP contribution in [0.5, 0.6) is 0 Å². The van der Waals surface area contributed by atoms with Gasteiger partial charge in [-0.25, -0.2) is 13.2 Å². The molecule has 29 heavy (non-hydrogen) atoms. The van der Waals surface area contributed by atoms with Crippen LogP contribution >= 0.6 is 0 Å². The summed E-state index contributed by atoms with van der Waals surface area (Å²) in [6, 6.07) is 2.98. The smallest absolute Gasteiger partial charge is 0.312 e. The van der Waals surface area contributed by atoms with Crippen LogP contribution < -0.4 is 21.3 Å². The van der Waals surface area contributed by atoms with Gasteiger partial charge in [-0.05, 0) is 39.0 Å². The quantitative estimate of drug-likeness (QED) is 0.555. The molecule has 1 aromatic carbocycles. The van der Waals surface area contributed by atoms with E-state index < -0.39 is 28.0 Å². The Kier molecular flexibility index (Phi) is 7.82. The third-order valence-electron chi connectivity index (χ3n) is 4.69. The van der Waals surface area contributed by atoms with Gasteiger partial charge in [-0.2, -0.15) is 4.31 Å². The molecule has 0 radical (unpaired) electrons. The van der Waals surface area contributed by atoms with Crippen molar-refractivity contribution < 1.29 is 22.7 Å². The molecule has 2 rings (SSSR count). The number of ether oxygens (including phenoxy) is 1. The Morgan fingerprint density at radius 3 is 2.41 bits per heavy atom. The maximum atomic E-state index is 13.0. The highest BCUT2D eigenvalue weighted by Gasteiger charge is 2.28. The molecule has 1 aliphatic rings. The lowest BCUT2D eigenvalue weighted by molar-refractivity contribution is -0.117. The molecule has 1 aromatic rings. The van der Waals surface area contributed by atoms with Crippen molar-refractivity contribution in [2.24, 2.45) is 5.73 Å². The first-order valence-electron chi connectivity index (χ1n) is 9.54. The normalized spacial score (nSPS) is 16.1. The molecular formula is C18H29N5O5S. The van der Waals surface area contributed by atoms with Gasteiger partial charge in [0.2, 0.25) is 15.9 Å². The van der Waals surface area contributed by atoms with Gasteiger partial charge in [0.15, 0.2) is 0 Å². The van der Waals surface area contributed by atoms with E-state index >= 15 is 0 Å². The first-order valence-corrected chi connectivity index (χ1v) is 11.0. The summed E-state index contributed by atoms with van der Waals surface area (Å²) in [6.45, 7) is 8.01. The Bertz CT molecular complexity index is 835. The molecule has 1 saturated heterocycles. The van der Waals surface area contributed by atoms with Crippen molar-refractivity contribution in [3.8, 4) is 0 Å². The highest BCUT2D eigenvalue weighted by molar-refractivity contribution is 7.89. The van der Waals surface area contributed by atoms with Crippen LogP contribution in [0.25, 0.3) is 0 Å². The molecule has 4 N–H and O–H groups in total. The van der Waals surface area contributed by atoms with Crippen LogP contribution in [0.3, 0.4) is 0 Å². The summed E-state index contributed by atoms with van der Waals surface area (Å²) >= 11 is 0. The van der Waals surface area contributed by atoms with Gasteiger partial charge in [0.25, 0.3) is 0 Å². The van der Waals surface area contributed by atoms with E-state index in [9.17, 15) is 18.0 Å². The van der Waals surface area contributed by atoms with Crippen LogP contribution in [-0.4, -0.2) is 70.1 Å². The van der Waals surface area contributed by atoms with Gasteiger partial charge >= 0.3 is 6.03 Å². The van der Waals surface area contributed by atoms with Gasteiger partial charge in [0, 0.05) is 26.2 Å². The highest BCUT2D eigenvalue weighted by Crippen LogP contribution is 2.30. The van der Waals surface area contributed by atoms with Crippen molar-refractivity contribution in [1.29, 1.82) is 0 Å². The van der Waals surface area contributed by atoms with Crippen molar-refractivity contribution in [3.05, 3.63) is 18.2 Å². The number of amides is 3. The van der Waals surface area contributed by atoms with Gasteiger partial charge in [0.05, 0.1) is 29.5 Å². The fraction of sp³-hybridized carbons (Fsp3) is 0.556. The Morgan fingerprint density at radius 1 is 1.24 bits per heavy atom. The minimum Gasteiger partial charge on any atom is -0.379 e. The molecule has 1 unspecified atom stereocenters. The maximum Gasteiger partial charge on any atom is 0.312 e. The van der Waals surface area contributed by atoms with Gasteiger partial charge < -0.3 is 26.0 Å². The van der Waals surface area contributed by atoms with Crippen molar-refractivity contribution in [2.75, 3.05) is 49.6 Å². The summed E-state index contributed by atoms with van der Waals surface area (Å²) in [7, 11) is -3.72. The molecule has 10 nitrogen and oxygen atoms in total. The summed E-state index contributed by atoms with van der Waals surface area (Å²) in [4.78, 5) is 25.6. The molecule has 1 fully saturated rings. The van der Waals surface area contributed by atoms with E-state index in [2.05, 4.69) is 10.6 Å². The van der Waals surface area contributed by atoms with Gasteiger partial charge in [-0.15, -0.1) is 0 Å². The van der Waals surface area contributed by atoms with E-state index in [1.54, 1.807) is 12.1 Å². The Labute approximate surface area is 171 Å². The van der Waals surface area contributed by atoms with Crippen LogP contribution in [0.1, 0.15) is 20.8 Å². The first-order chi connectivity index (χ1) is 13.7. The fourth-order valence-electron chi connectivity index (χ4n) is 3.07. The van der Waals surface area contributed by atoms with E-state index in [4.69, 9.17) is 10.5 Å². The van der Waals surface area contributed by atoms with Gasteiger partial charge in [0.1, 0.15) is 6.04 Å². The third kappa shape index (κ3) is 5.58. The van der Waals surface area contributed by atoms with E-state index in [1.165, 1.54) is 17.3 Å². The van der Waals surface area contributed by atoms with Crippen LogP contribution in [0, 0.1) is 0 Å². The molecule has 3 amide bonds. The Balaban J connectivity index is 2.40. The number of rotatable bonds is 8. The predicted molar refractivity (Wildman–Crippen MR) is 110 cm³/mol. The van der Waals surface area contributed by atoms with Gasteiger partial charge in [-0.1, -0.05) is 0 Å². The summed E-state index contributed by atoms with van der Waals surface area (Å²) in [5.74, 6) is -0.502. The van der Waals surface area contributed by atoms with Crippen LogP contribution in [0.4, 0.5) is 16.2 Å². The molecule has 0 bridgehead atoms. The lowest BCUT2D eigenvalue weighted by Crippen LogP contribution is -2.44. The van der Waals surface area contributed by atoms with Crippen molar-refractivity contribution in [3.63, 3.8) is 0 Å². The van der Waals surface area contributed by atoms with Gasteiger partial charge in [-0.3, -0.25) is 4.79 Å². The minimum absolute atomic E-state index is 0.0844. The molecule has 11 heteroatoms. The second kappa shape index (κ2) is 9.90. The lowest BCUT2D eigenvalue weighted by Gasteiger charge is -2.28. The predicted octanol–water partition coefficient (Wildman–Crippen LogP) is 0.549. The average Bonchev–Trinajstić information content (AvgIpc) is 2.69. The molecular weight excluding hydrogens is 398 g/mol. The number of hydrogen-bond donors (Lipinski definition) is 3. The monoisotopic (exact) mass is 427 g/mol. The van der Waals surface area contributed by atoms with E-state index in [0.717, 1.165) is 0 Å². The number of morpholine rings is 1. The number of sulfonamides is 1. The minimum atomic E-state index is -3.72. The van der Waals surface area contributed by atoms with Crippen LogP contribution in [-0.2, 0) is 19.6 Å². The lowest BCUT2D eigenvalue weighted by atomic mass is 10.2. The van der Waals surface area contributed by atoms with Crippen molar-refractivity contribution >= 4 is 33.3 Å². The number of carbonyl (C=O) groups is 2. The zero-order chi connectivity index (χ0) is 21.6. The second-order valence-corrected chi connectivity index (χ2v) is 8.53. The molecule has 1 atom stereocenters. The number of primary amides is 1. The highest BCUT2D eigenvalue weighted by atomic mass is 32.2. The van der Waals surface area contributed by atoms with Crippen LogP contribution in [0.2, 0.25) is 0 Å². The molecule has 0 saturated carbocycles. The molecule has 162 valence electrons. The third-order valence-corrected chi connectivity index (χ3v) is 6.58. The number of carbonyl (C=O) groups excluding carboxylic acids is 2. The van der Waals surface area contributed by atoms with E-state index in [1.807, 2.05) is 18.7 Å². The zero-order valence-electron chi connectivity index (χ0n) is 17.0. The number of anilines is 2. The maximum absolute atomic E-state index is 13.0. The first kappa shape index (κ1) is 22.9. The number of nitrogens with one attached hydrogen (secondary N) is 2. The molecule has 1 heterocycles. The number of hydrogen-bond acceptors (Lipinski definition) is 6. The summed E-state index contributed by atoms with van der Waals surface area (Å²) in [5, 5.41) is 5.03. The average molecular weight is 428 g/mol. The Morgan fingerprint density at radius 2 is 1.86 bits per heavy atom. The summed E-state index contributed by atoms with van der Waals surface area (Å²) in [6.07, 6.45) is 0. The van der Waals surface area contributed by atoms with Crippen LogP contribution in [0.15, 0.2) is 23.1 Å². The molecule has 0 spiro atoms. The summed E-state index contributed by atoms with van der Waals surface area (Å²) in [5.41, 5.74) is 6.12. The Hall–Kier alpha value is -2.37. The summed E-state index contributed by atoms with van der Waals surface area (Å²) < 4.78 is 32.6. The van der Waals surface area contributed by atoms with E-state index in [0.29, 0.717) is 37.7 Å². The number of nitrogens with zero attached hydrogens (tertiary/aromatic N) is 2. The SMILES string of the molecule is CCN(CC)c1ccc(S(=O)(=O)N2CCOCC2)cc1NC(=O)C(C)NC(N)=O. The fourth-order valence-corrected chi connectivity index (χ4v) is 4.51. The molecule has 1 aliphatic heterocycles. The number of benzene rings is 1. The standard InChI is InChI=1S/C18H29N5O5S/c1-4-22(5-2)16-7-6-14(29(26,27)23-8-10-28-11-9-23)12-15(16)21-17(24)13(3)20-18(19)25/h6-7,12-13H,4-5,8-11H2,1-3H3,(H,21,24)(H3,19,20,25). The number of nitrogens with two attached hydrogens (primary N) is 1. The van der Waals surface area contributed by atoms with Crippen molar-refractivity contribution in [2.45, 2.75) is 31.7 Å². The van der Waals surface area contributed by atoms with Crippen molar-refractivity contribution in [1.82, 2.24) is 9.62 Å². The number of urea groups is 1. The van der Waals surface area contributed by atoms with E-state index in [-0.39, 0.29) is 18.0 Å². The second-order valence-electron chi connectivity index (χ2n) is 6.59. The zero-order valence-corrected chi connectivity index (χ0v) is 17.8. The largest absolute Gasteiger partial charge is 0.379 e. The molecule has 0 aromatic heterocycles. The topological polar surface area (TPSA) is 134 Å². The molecule has 0 aliphatic carbocycles.